The summed E-state index contributed by atoms with van der Waals surface area (Å²) in [6, 6.07) is 0. The molecule has 2 heterocycles. The predicted molar refractivity (Wildman–Crippen MR) is 52.6 cm³/mol. The molecule has 0 aliphatic heterocycles. The van der Waals surface area contributed by atoms with E-state index in [1.165, 1.54) is 23.3 Å². The Balaban J connectivity index is 2.26. The fraction of sp³-hybridized carbons (Fsp3) is 0.143. The largest absolute Gasteiger partial charge is 0.284 e. The normalized spacial score (nSPS) is 11.5. The molecule has 0 radical (unpaired) electrons. The van der Waals surface area contributed by atoms with Gasteiger partial charge in [0.2, 0.25) is 0 Å². The van der Waals surface area contributed by atoms with Crippen LogP contribution in [0.2, 0.25) is 0 Å². The van der Waals surface area contributed by atoms with Gasteiger partial charge in [0.1, 0.15) is 4.90 Å². The number of rotatable bonds is 3. The van der Waals surface area contributed by atoms with Crippen LogP contribution in [0.1, 0.15) is 0 Å². The number of nitrogens with one attached hydrogen (secondary N) is 2. The highest BCUT2D eigenvalue weighted by Crippen LogP contribution is 2.12. The topological polar surface area (TPSA) is 92.7 Å². The Hall–Kier alpha value is -1.83. The summed E-state index contributed by atoms with van der Waals surface area (Å²) >= 11 is 0. The van der Waals surface area contributed by atoms with Crippen molar-refractivity contribution >= 4 is 15.7 Å². The molecule has 0 fully saturated rings. The summed E-state index contributed by atoms with van der Waals surface area (Å²) in [6.07, 6.45) is 5.53. The van der Waals surface area contributed by atoms with Gasteiger partial charge in [-0.1, -0.05) is 0 Å². The Morgan fingerprint density at radius 2 is 2.27 bits per heavy atom. The monoisotopic (exact) mass is 227 g/mol. The number of aryl methyl sites for hydroxylation is 1. The Morgan fingerprint density at radius 3 is 2.80 bits per heavy atom. The number of H-pyrrole nitrogens is 1. The van der Waals surface area contributed by atoms with Crippen LogP contribution in [0, 0.1) is 0 Å². The van der Waals surface area contributed by atoms with Gasteiger partial charge in [-0.2, -0.15) is 10.2 Å². The van der Waals surface area contributed by atoms with Crippen molar-refractivity contribution in [3.05, 3.63) is 24.8 Å². The number of hydrogen-bond donors (Lipinski definition) is 2. The molecule has 2 rings (SSSR count). The average molecular weight is 227 g/mol. The summed E-state index contributed by atoms with van der Waals surface area (Å²) in [6.45, 7) is 0. The lowest BCUT2D eigenvalue weighted by molar-refractivity contribution is 0.601. The van der Waals surface area contributed by atoms with E-state index in [2.05, 4.69) is 20.0 Å². The van der Waals surface area contributed by atoms with Crippen LogP contribution >= 0.6 is 0 Å². The molecule has 0 saturated carbocycles. The molecule has 0 atom stereocenters. The van der Waals surface area contributed by atoms with Gasteiger partial charge in [0.05, 0.1) is 18.1 Å². The minimum Gasteiger partial charge on any atom is -0.284 e. The zero-order valence-corrected chi connectivity index (χ0v) is 8.69. The molecule has 80 valence electrons. The SMILES string of the molecule is Cn1cc(NS(=O)(=O)c2cn[nH]c2)cn1. The number of aromatic nitrogens is 4. The molecule has 0 bridgehead atoms. The summed E-state index contributed by atoms with van der Waals surface area (Å²) in [4.78, 5) is 0.0892. The number of hydrogen-bond acceptors (Lipinski definition) is 4. The Morgan fingerprint density at radius 1 is 1.47 bits per heavy atom. The van der Waals surface area contributed by atoms with Crippen molar-refractivity contribution in [2.24, 2.45) is 7.05 Å². The molecule has 0 amide bonds. The number of nitrogens with zero attached hydrogens (tertiary/aromatic N) is 3. The lowest BCUT2D eigenvalue weighted by Crippen LogP contribution is -2.11. The van der Waals surface area contributed by atoms with Crippen molar-refractivity contribution in [1.29, 1.82) is 0 Å². The van der Waals surface area contributed by atoms with E-state index >= 15 is 0 Å². The summed E-state index contributed by atoms with van der Waals surface area (Å²) in [5.41, 5.74) is 0.415. The maximum Gasteiger partial charge on any atom is 0.265 e. The molecule has 2 aromatic rings. The van der Waals surface area contributed by atoms with Gasteiger partial charge in [0.25, 0.3) is 10.0 Å². The third kappa shape index (κ3) is 1.99. The van der Waals surface area contributed by atoms with Crippen molar-refractivity contribution in [1.82, 2.24) is 20.0 Å². The predicted octanol–water partition coefficient (Wildman–Crippen LogP) is -0.0560. The van der Waals surface area contributed by atoms with Crippen molar-refractivity contribution in [3.63, 3.8) is 0 Å². The van der Waals surface area contributed by atoms with E-state index in [1.54, 1.807) is 13.2 Å². The molecule has 2 N–H and O–H groups in total. The third-order valence-corrected chi connectivity index (χ3v) is 3.09. The lowest BCUT2D eigenvalue weighted by atomic mass is 10.6. The van der Waals surface area contributed by atoms with Crippen LogP contribution in [-0.4, -0.2) is 28.4 Å². The highest BCUT2D eigenvalue weighted by atomic mass is 32.2. The first kappa shape index (κ1) is 9.71. The second-order valence-electron chi connectivity index (χ2n) is 2.94. The van der Waals surface area contributed by atoms with Crippen LogP contribution in [0.3, 0.4) is 0 Å². The van der Waals surface area contributed by atoms with E-state index in [9.17, 15) is 8.42 Å². The molecule has 15 heavy (non-hydrogen) atoms. The van der Waals surface area contributed by atoms with Gasteiger partial charge in [0, 0.05) is 19.4 Å². The summed E-state index contributed by atoms with van der Waals surface area (Å²) in [5, 5.41) is 9.86. The minimum atomic E-state index is -3.55. The Bertz CT molecular complexity index is 542. The molecule has 0 saturated heterocycles. The fourth-order valence-electron chi connectivity index (χ4n) is 1.07. The van der Waals surface area contributed by atoms with Gasteiger partial charge in [0.15, 0.2) is 0 Å². The van der Waals surface area contributed by atoms with E-state index in [1.807, 2.05) is 0 Å². The highest BCUT2D eigenvalue weighted by molar-refractivity contribution is 7.92. The Kier molecular flexibility index (Phi) is 2.19. The van der Waals surface area contributed by atoms with Crippen molar-refractivity contribution in [2.75, 3.05) is 4.72 Å². The number of aromatic amines is 1. The zero-order chi connectivity index (χ0) is 10.9. The minimum absolute atomic E-state index is 0.0892. The van der Waals surface area contributed by atoms with E-state index in [0.717, 1.165) is 0 Å². The van der Waals surface area contributed by atoms with E-state index in [-0.39, 0.29) is 4.90 Å². The molecule has 2 aromatic heterocycles. The smallest absolute Gasteiger partial charge is 0.265 e. The van der Waals surface area contributed by atoms with Crippen LogP contribution in [0.15, 0.2) is 29.7 Å². The van der Waals surface area contributed by atoms with Crippen LogP contribution in [0.25, 0.3) is 0 Å². The molecule has 7 nitrogen and oxygen atoms in total. The molecule has 0 aliphatic carbocycles. The second-order valence-corrected chi connectivity index (χ2v) is 4.62. The van der Waals surface area contributed by atoms with Crippen LogP contribution in [0.4, 0.5) is 5.69 Å². The molecular weight excluding hydrogens is 218 g/mol. The van der Waals surface area contributed by atoms with Gasteiger partial charge < -0.3 is 0 Å². The second kappa shape index (κ2) is 3.39. The van der Waals surface area contributed by atoms with Crippen LogP contribution in [-0.2, 0) is 17.1 Å². The average Bonchev–Trinajstić information content (AvgIpc) is 2.75. The maximum absolute atomic E-state index is 11.7. The zero-order valence-electron chi connectivity index (χ0n) is 7.88. The van der Waals surface area contributed by atoms with Gasteiger partial charge in [-0.05, 0) is 0 Å². The fourth-order valence-corrected chi connectivity index (χ4v) is 2.01. The van der Waals surface area contributed by atoms with Gasteiger partial charge >= 0.3 is 0 Å². The standard InChI is InChI=1S/C7H9N5O2S/c1-12-5-6(2-10-12)11-15(13,14)7-3-8-9-4-7/h2-5,11H,1H3,(H,8,9). The quantitative estimate of drug-likeness (QED) is 0.768. The molecule has 0 aromatic carbocycles. The summed E-state index contributed by atoms with van der Waals surface area (Å²) < 4.78 is 27.2. The van der Waals surface area contributed by atoms with E-state index in [0.29, 0.717) is 5.69 Å². The van der Waals surface area contributed by atoms with Crippen LogP contribution < -0.4 is 4.72 Å². The molecule has 0 unspecified atom stereocenters. The van der Waals surface area contributed by atoms with Crippen molar-refractivity contribution in [2.45, 2.75) is 4.90 Å². The molecule has 0 spiro atoms. The number of sulfonamides is 1. The van der Waals surface area contributed by atoms with Crippen molar-refractivity contribution in [3.8, 4) is 0 Å². The third-order valence-electron chi connectivity index (χ3n) is 1.74. The summed E-state index contributed by atoms with van der Waals surface area (Å²) in [7, 11) is -1.85. The van der Waals surface area contributed by atoms with Gasteiger partial charge in [-0.15, -0.1) is 0 Å². The lowest BCUT2D eigenvalue weighted by Gasteiger charge is -2.01. The molecular formula is C7H9N5O2S. The van der Waals surface area contributed by atoms with E-state index in [4.69, 9.17) is 0 Å². The first-order valence-corrected chi connectivity index (χ1v) is 5.56. The molecule has 8 heteroatoms. The first-order valence-electron chi connectivity index (χ1n) is 4.08. The first-order chi connectivity index (χ1) is 7.08. The van der Waals surface area contributed by atoms with Crippen molar-refractivity contribution < 1.29 is 8.42 Å². The van der Waals surface area contributed by atoms with E-state index < -0.39 is 10.0 Å². The van der Waals surface area contributed by atoms with Crippen LogP contribution in [0.5, 0.6) is 0 Å². The molecule has 0 aliphatic rings. The maximum atomic E-state index is 11.7. The van der Waals surface area contributed by atoms with Gasteiger partial charge in [-0.25, -0.2) is 8.42 Å². The Labute approximate surface area is 86.2 Å². The highest BCUT2D eigenvalue weighted by Gasteiger charge is 2.15. The number of anilines is 1. The van der Waals surface area contributed by atoms with Gasteiger partial charge in [-0.3, -0.25) is 14.5 Å². The summed E-state index contributed by atoms with van der Waals surface area (Å²) in [5.74, 6) is 0.